The van der Waals surface area contributed by atoms with Gasteiger partial charge in [-0.15, -0.1) is 0 Å². The van der Waals surface area contributed by atoms with E-state index in [4.69, 9.17) is 34.6 Å². The van der Waals surface area contributed by atoms with E-state index in [1.165, 1.54) is 5.56 Å². The standard InChI is InChI=1S/C29H43N7O4/c1-4-5-15-36(22-23-9-7-6-8-10-23)29-34-27(31-14-17-40-19-18-39-16-13-30)33-28(35-29)32-21-24-11-12-25(37-2)26(20-24)38-3/h6-12,20H,4-5,13-19,21-22,30H2,1-3H3,(H2,31,32,33,34,35). The van der Waals surface area contributed by atoms with Crippen LogP contribution in [0.2, 0.25) is 0 Å². The Hall–Kier alpha value is -3.67. The van der Waals surface area contributed by atoms with Gasteiger partial charge in [0.2, 0.25) is 17.8 Å². The Kier molecular flexibility index (Phi) is 13.8. The maximum atomic E-state index is 5.64. The van der Waals surface area contributed by atoms with E-state index >= 15 is 0 Å². The van der Waals surface area contributed by atoms with Gasteiger partial charge in [-0.1, -0.05) is 49.7 Å². The molecule has 0 amide bonds. The Balaban J connectivity index is 1.75. The second kappa shape index (κ2) is 17.8. The molecule has 11 heteroatoms. The van der Waals surface area contributed by atoms with Gasteiger partial charge >= 0.3 is 0 Å². The van der Waals surface area contributed by atoms with Crippen LogP contribution >= 0.6 is 0 Å². The van der Waals surface area contributed by atoms with Crippen LogP contribution in [-0.2, 0) is 22.6 Å². The van der Waals surface area contributed by atoms with Crippen molar-refractivity contribution in [2.45, 2.75) is 32.9 Å². The minimum atomic E-state index is 0.480. The van der Waals surface area contributed by atoms with E-state index in [-0.39, 0.29) is 0 Å². The summed E-state index contributed by atoms with van der Waals surface area (Å²) in [6, 6.07) is 16.1. The number of hydrogen-bond acceptors (Lipinski definition) is 11. The van der Waals surface area contributed by atoms with Crippen molar-refractivity contribution in [1.29, 1.82) is 0 Å². The number of hydrogen-bond donors (Lipinski definition) is 3. The molecular weight excluding hydrogens is 510 g/mol. The van der Waals surface area contributed by atoms with Crippen LogP contribution in [-0.4, -0.2) is 75.2 Å². The number of ether oxygens (including phenoxy) is 4. The second-order valence-electron chi connectivity index (χ2n) is 9.03. The van der Waals surface area contributed by atoms with E-state index in [0.29, 0.717) is 82.0 Å². The summed E-state index contributed by atoms with van der Waals surface area (Å²) in [6.45, 7) is 7.31. The van der Waals surface area contributed by atoms with Crippen molar-refractivity contribution in [2.75, 3.05) is 75.8 Å². The van der Waals surface area contributed by atoms with Gasteiger partial charge in [0.15, 0.2) is 11.5 Å². The molecule has 0 radical (unpaired) electrons. The summed E-state index contributed by atoms with van der Waals surface area (Å²) >= 11 is 0. The first-order valence-electron chi connectivity index (χ1n) is 13.8. The lowest BCUT2D eigenvalue weighted by Crippen LogP contribution is -2.27. The number of aromatic nitrogens is 3. The summed E-state index contributed by atoms with van der Waals surface area (Å²) in [5, 5.41) is 6.64. The van der Waals surface area contributed by atoms with Crippen molar-refractivity contribution in [2.24, 2.45) is 5.73 Å². The molecule has 3 rings (SSSR count). The molecule has 3 aromatic rings. The smallest absolute Gasteiger partial charge is 0.232 e. The molecule has 0 fully saturated rings. The fourth-order valence-electron chi connectivity index (χ4n) is 3.88. The normalized spacial score (nSPS) is 10.8. The Labute approximate surface area is 237 Å². The minimum absolute atomic E-state index is 0.480. The molecule has 0 spiro atoms. The lowest BCUT2D eigenvalue weighted by Gasteiger charge is -2.23. The maximum absolute atomic E-state index is 5.64. The summed E-state index contributed by atoms with van der Waals surface area (Å²) in [4.78, 5) is 16.4. The van der Waals surface area contributed by atoms with Gasteiger partial charge in [-0.3, -0.25) is 0 Å². The molecular formula is C29H43N7O4. The topological polar surface area (TPSA) is 129 Å². The van der Waals surface area contributed by atoms with Crippen LogP contribution in [0.15, 0.2) is 48.5 Å². The Morgan fingerprint density at radius 2 is 1.52 bits per heavy atom. The summed E-state index contributed by atoms with van der Waals surface area (Å²) in [5.74, 6) is 2.93. The van der Waals surface area contributed by atoms with Gasteiger partial charge in [-0.05, 0) is 29.7 Å². The molecule has 0 unspecified atom stereocenters. The van der Waals surface area contributed by atoms with Crippen LogP contribution in [0.25, 0.3) is 0 Å². The minimum Gasteiger partial charge on any atom is -0.493 e. The first kappa shape index (κ1) is 30.9. The third kappa shape index (κ3) is 10.5. The van der Waals surface area contributed by atoms with Gasteiger partial charge in [-0.2, -0.15) is 15.0 Å². The van der Waals surface area contributed by atoms with Crippen LogP contribution < -0.4 is 30.7 Å². The van der Waals surface area contributed by atoms with E-state index < -0.39 is 0 Å². The van der Waals surface area contributed by atoms with E-state index in [0.717, 1.165) is 24.9 Å². The van der Waals surface area contributed by atoms with E-state index in [1.807, 2.05) is 36.4 Å². The van der Waals surface area contributed by atoms with Gasteiger partial charge in [0.25, 0.3) is 0 Å². The zero-order valence-corrected chi connectivity index (χ0v) is 23.9. The molecule has 0 aliphatic rings. The number of benzene rings is 2. The largest absolute Gasteiger partial charge is 0.493 e. The number of anilines is 3. The molecule has 218 valence electrons. The molecule has 4 N–H and O–H groups in total. The number of nitrogens with two attached hydrogens (primary N) is 1. The Morgan fingerprint density at radius 1 is 0.800 bits per heavy atom. The SMILES string of the molecule is CCCCN(Cc1ccccc1)c1nc(NCCOCCOCCN)nc(NCc2ccc(OC)c(OC)c2)n1. The van der Waals surface area contributed by atoms with Crippen LogP contribution in [0.5, 0.6) is 11.5 Å². The fraction of sp³-hybridized carbons (Fsp3) is 0.483. The van der Waals surface area contributed by atoms with E-state index in [2.05, 4.69) is 39.6 Å². The Bertz CT molecular complexity index is 1120. The third-order valence-electron chi connectivity index (χ3n) is 5.97. The molecule has 0 atom stereocenters. The average molecular weight is 554 g/mol. The Morgan fingerprint density at radius 3 is 2.23 bits per heavy atom. The zero-order valence-electron chi connectivity index (χ0n) is 23.9. The van der Waals surface area contributed by atoms with Gasteiger partial charge in [0.05, 0.1) is 40.6 Å². The molecule has 0 saturated heterocycles. The number of nitrogens with one attached hydrogen (secondary N) is 2. The predicted molar refractivity (Wildman–Crippen MR) is 158 cm³/mol. The number of rotatable bonds is 20. The summed E-state index contributed by atoms with van der Waals surface area (Å²) in [7, 11) is 3.25. The highest BCUT2D eigenvalue weighted by atomic mass is 16.5. The van der Waals surface area contributed by atoms with E-state index in [9.17, 15) is 0 Å². The molecule has 0 bridgehead atoms. The number of unbranched alkanes of at least 4 members (excludes halogenated alkanes) is 1. The quantitative estimate of drug-likeness (QED) is 0.177. The van der Waals surface area contributed by atoms with Crippen molar-refractivity contribution < 1.29 is 18.9 Å². The lowest BCUT2D eigenvalue weighted by atomic mass is 10.2. The molecule has 0 aliphatic heterocycles. The highest BCUT2D eigenvalue weighted by molar-refractivity contribution is 5.46. The molecule has 40 heavy (non-hydrogen) atoms. The van der Waals surface area contributed by atoms with Crippen LogP contribution in [0.4, 0.5) is 17.8 Å². The van der Waals surface area contributed by atoms with Crippen molar-refractivity contribution in [3.8, 4) is 11.5 Å². The highest BCUT2D eigenvalue weighted by Gasteiger charge is 2.15. The summed E-state index contributed by atoms with van der Waals surface area (Å²) < 4.78 is 21.8. The van der Waals surface area contributed by atoms with E-state index in [1.54, 1.807) is 14.2 Å². The van der Waals surface area contributed by atoms with Gasteiger partial charge in [0, 0.05) is 32.7 Å². The monoisotopic (exact) mass is 553 g/mol. The van der Waals surface area contributed by atoms with Crippen molar-refractivity contribution >= 4 is 17.8 Å². The third-order valence-corrected chi connectivity index (χ3v) is 5.97. The van der Waals surface area contributed by atoms with Crippen molar-refractivity contribution in [3.05, 3.63) is 59.7 Å². The lowest BCUT2D eigenvalue weighted by molar-refractivity contribution is 0.0547. The van der Waals surface area contributed by atoms with Gasteiger partial charge in [-0.25, -0.2) is 0 Å². The summed E-state index contributed by atoms with van der Waals surface area (Å²) in [6.07, 6.45) is 2.09. The fourth-order valence-corrected chi connectivity index (χ4v) is 3.88. The van der Waals surface area contributed by atoms with Gasteiger partial charge < -0.3 is 40.2 Å². The first-order chi connectivity index (χ1) is 19.7. The summed E-state index contributed by atoms with van der Waals surface area (Å²) in [5.41, 5.74) is 7.64. The van der Waals surface area contributed by atoms with Gasteiger partial charge in [0.1, 0.15) is 0 Å². The molecule has 1 heterocycles. The average Bonchev–Trinajstić information content (AvgIpc) is 2.99. The van der Waals surface area contributed by atoms with Crippen LogP contribution in [0, 0.1) is 0 Å². The molecule has 1 aromatic heterocycles. The molecule has 2 aromatic carbocycles. The maximum Gasteiger partial charge on any atom is 0.232 e. The molecule has 11 nitrogen and oxygen atoms in total. The first-order valence-corrected chi connectivity index (χ1v) is 13.8. The van der Waals surface area contributed by atoms with Crippen molar-refractivity contribution in [1.82, 2.24) is 15.0 Å². The van der Waals surface area contributed by atoms with Crippen LogP contribution in [0.1, 0.15) is 30.9 Å². The molecule has 0 saturated carbocycles. The number of methoxy groups -OCH3 is 2. The second-order valence-corrected chi connectivity index (χ2v) is 9.03. The van der Waals surface area contributed by atoms with Crippen molar-refractivity contribution in [3.63, 3.8) is 0 Å². The number of nitrogens with zero attached hydrogens (tertiary/aromatic N) is 4. The molecule has 0 aliphatic carbocycles. The van der Waals surface area contributed by atoms with Crippen LogP contribution in [0.3, 0.4) is 0 Å². The zero-order chi connectivity index (χ0) is 28.4. The predicted octanol–water partition coefficient (Wildman–Crippen LogP) is 3.71. The highest BCUT2D eigenvalue weighted by Crippen LogP contribution is 2.28.